The van der Waals surface area contributed by atoms with Gasteiger partial charge in [0.05, 0.1) is 5.41 Å². The van der Waals surface area contributed by atoms with E-state index in [1.54, 1.807) is 11.1 Å². The van der Waals surface area contributed by atoms with Gasteiger partial charge in [0.2, 0.25) is 0 Å². The lowest BCUT2D eigenvalue weighted by molar-refractivity contribution is -0.152. The predicted molar refractivity (Wildman–Crippen MR) is 59.8 cm³/mol. The van der Waals surface area contributed by atoms with E-state index in [1.165, 1.54) is 25.7 Å². The fourth-order valence-corrected chi connectivity index (χ4v) is 5.38. The first-order chi connectivity index (χ1) is 7.61. The third-order valence-electron chi connectivity index (χ3n) is 5.99. The minimum absolute atomic E-state index is 0.413. The van der Waals surface area contributed by atoms with E-state index in [0.717, 1.165) is 12.3 Å². The Labute approximate surface area is 95.7 Å². The average molecular weight is 218 g/mol. The van der Waals surface area contributed by atoms with Crippen LogP contribution in [-0.2, 0) is 4.79 Å². The van der Waals surface area contributed by atoms with E-state index in [9.17, 15) is 9.90 Å². The van der Waals surface area contributed by atoms with Crippen molar-refractivity contribution < 1.29 is 9.90 Å². The van der Waals surface area contributed by atoms with Crippen LogP contribution in [0.15, 0.2) is 11.1 Å². The number of carboxylic acid groups (broad SMARTS) is 1. The number of allylic oxidation sites excluding steroid dienone is 2. The normalized spacial score (nSPS) is 52.6. The number of rotatable bonds is 1. The van der Waals surface area contributed by atoms with Gasteiger partial charge in [0.1, 0.15) is 0 Å². The lowest BCUT2D eigenvalue weighted by Gasteiger charge is -2.38. The Morgan fingerprint density at radius 2 is 2.31 bits per heavy atom. The summed E-state index contributed by atoms with van der Waals surface area (Å²) in [5, 5.41) is 9.47. The predicted octanol–water partition coefficient (Wildman–Crippen LogP) is 2.84. The van der Waals surface area contributed by atoms with Crippen LogP contribution < -0.4 is 0 Å². The third-order valence-corrected chi connectivity index (χ3v) is 5.99. The Bertz CT molecular complexity index is 422. The van der Waals surface area contributed by atoms with Crippen LogP contribution in [0.5, 0.6) is 0 Å². The van der Waals surface area contributed by atoms with Gasteiger partial charge in [0, 0.05) is 0 Å². The van der Waals surface area contributed by atoms with Gasteiger partial charge in [-0.1, -0.05) is 11.1 Å². The molecule has 5 unspecified atom stereocenters. The number of fused-ring (bicyclic) bond motifs is 8. The zero-order chi connectivity index (χ0) is 11.1. The monoisotopic (exact) mass is 218 g/mol. The quantitative estimate of drug-likeness (QED) is 0.687. The van der Waals surface area contributed by atoms with Crippen LogP contribution in [0.4, 0.5) is 0 Å². The van der Waals surface area contributed by atoms with Gasteiger partial charge in [0.25, 0.3) is 0 Å². The molecule has 4 bridgehead atoms. The van der Waals surface area contributed by atoms with Crippen molar-refractivity contribution in [1.29, 1.82) is 0 Å². The van der Waals surface area contributed by atoms with Crippen molar-refractivity contribution in [2.75, 3.05) is 0 Å². The maximum Gasteiger partial charge on any atom is 0.309 e. The lowest BCUT2D eigenvalue weighted by Crippen LogP contribution is -2.39. The first-order valence-electron chi connectivity index (χ1n) is 6.56. The second kappa shape index (κ2) is 2.55. The van der Waals surface area contributed by atoms with E-state index in [2.05, 4.69) is 0 Å². The zero-order valence-corrected chi connectivity index (χ0v) is 9.70. The highest BCUT2D eigenvalue weighted by atomic mass is 16.4. The lowest BCUT2D eigenvalue weighted by atomic mass is 9.64. The molecule has 0 spiro atoms. The van der Waals surface area contributed by atoms with Gasteiger partial charge in [-0.05, 0) is 62.7 Å². The number of carboxylic acids is 1. The molecule has 0 saturated heterocycles. The molecule has 3 fully saturated rings. The molecule has 4 aliphatic carbocycles. The van der Waals surface area contributed by atoms with Crippen molar-refractivity contribution in [3.05, 3.63) is 11.1 Å². The molecule has 3 saturated carbocycles. The van der Waals surface area contributed by atoms with E-state index in [-0.39, 0.29) is 0 Å². The molecular formula is C14H18O2. The minimum atomic E-state index is -0.549. The summed E-state index contributed by atoms with van der Waals surface area (Å²) in [5.41, 5.74) is 3.05. The molecule has 0 aliphatic heterocycles. The molecule has 0 amide bonds. The van der Waals surface area contributed by atoms with Crippen LogP contribution in [0.25, 0.3) is 0 Å². The molecule has 4 rings (SSSR count). The van der Waals surface area contributed by atoms with Gasteiger partial charge in [-0.3, -0.25) is 4.79 Å². The van der Waals surface area contributed by atoms with Gasteiger partial charge < -0.3 is 5.11 Å². The molecule has 5 atom stereocenters. The molecule has 0 radical (unpaired) electrons. The fourth-order valence-electron chi connectivity index (χ4n) is 5.38. The summed E-state index contributed by atoms with van der Waals surface area (Å²) in [5.74, 6) is 2.03. The Balaban J connectivity index is 1.80. The summed E-state index contributed by atoms with van der Waals surface area (Å²) < 4.78 is 0. The molecule has 4 aliphatic rings. The maximum absolute atomic E-state index is 11.5. The number of aliphatic carboxylic acids is 1. The number of hydrogen-bond acceptors (Lipinski definition) is 1. The second-order valence-electron chi connectivity index (χ2n) is 6.55. The van der Waals surface area contributed by atoms with Crippen LogP contribution in [0.2, 0.25) is 0 Å². The summed E-state index contributed by atoms with van der Waals surface area (Å²) in [4.78, 5) is 11.5. The van der Waals surface area contributed by atoms with Crippen molar-refractivity contribution in [2.45, 2.75) is 39.0 Å². The molecule has 2 heteroatoms. The molecule has 86 valence electrons. The molecule has 0 aromatic carbocycles. The summed E-state index contributed by atoms with van der Waals surface area (Å²) in [7, 11) is 0. The fraction of sp³-hybridized carbons (Fsp3) is 0.786. The topological polar surface area (TPSA) is 37.3 Å². The van der Waals surface area contributed by atoms with E-state index >= 15 is 0 Å². The highest BCUT2D eigenvalue weighted by molar-refractivity contribution is 5.76. The summed E-state index contributed by atoms with van der Waals surface area (Å²) in [6.45, 7) is 1.99. The summed E-state index contributed by atoms with van der Waals surface area (Å²) in [6.07, 6.45) is 6.05. The Morgan fingerprint density at radius 3 is 3.06 bits per heavy atom. The summed E-state index contributed by atoms with van der Waals surface area (Å²) in [6, 6.07) is 0. The van der Waals surface area contributed by atoms with Crippen LogP contribution in [0.1, 0.15) is 39.0 Å². The zero-order valence-electron chi connectivity index (χ0n) is 9.70. The van der Waals surface area contributed by atoms with Crippen molar-refractivity contribution in [1.82, 2.24) is 0 Å². The molecule has 1 N–H and O–H groups in total. The van der Waals surface area contributed by atoms with E-state index < -0.39 is 11.4 Å². The average Bonchev–Trinajstić information content (AvgIpc) is 2.92. The Kier molecular flexibility index (Phi) is 1.47. The number of carbonyl (C=O) groups is 1. The van der Waals surface area contributed by atoms with E-state index in [0.29, 0.717) is 17.8 Å². The number of hydrogen-bond donors (Lipinski definition) is 1. The Morgan fingerprint density at radius 1 is 1.50 bits per heavy atom. The molecule has 0 aromatic heterocycles. The first-order valence-corrected chi connectivity index (χ1v) is 6.56. The standard InChI is InChI=1S/C14H18O2/c1-14(13(15)16)6-9-5-10(14)12-8-3-2-7(4-8)11(9)12/h8-10,12H,2-6H2,1H3,(H,15,16). The maximum atomic E-state index is 11.5. The van der Waals surface area contributed by atoms with Gasteiger partial charge in [-0.15, -0.1) is 0 Å². The molecular weight excluding hydrogens is 200 g/mol. The van der Waals surface area contributed by atoms with Gasteiger partial charge in [0.15, 0.2) is 0 Å². The molecule has 0 heterocycles. The smallest absolute Gasteiger partial charge is 0.309 e. The minimum Gasteiger partial charge on any atom is -0.481 e. The van der Waals surface area contributed by atoms with Crippen molar-refractivity contribution in [2.24, 2.45) is 29.1 Å². The van der Waals surface area contributed by atoms with Crippen molar-refractivity contribution >= 4 is 5.97 Å². The van der Waals surface area contributed by atoms with Gasteiger partial charge in [-0.2, -0.15) is 0 Å². The van der Waals surface area contributed by atoms with Crippen molar-refractivity contribution in [3.8, 4) is 0 Å². The second-order valence-corrected chi connectivity index (χ2v) is 6.55. The summed E-state index contributed by atoms with van der Waals surface area (Å²) >= 11 is 0. The highest BCUT2D eigenvalue weighted by Gasteiger charge is 2.63. The molecule has 16 heavy (non-hydrogen) atoms. The van der Waals surface area contributed by atoms with Gasteiger partial charge in [-0.25, -0.2) is 0 Å². The molecule has 0 aromatic rings. The first kappa shape index (κ1) is 9.26. The largest absolute Gasteiger partial charge is 0.481 e. The third kappa shape index (κ3) is 0.813. The highest BCUT2D eigenvalue weighted by Crippen LogP contribution is 2.69. The SMILES string of the molecule is CC1(C(=O)O)CC2CC1C1C2=C2CCC1C2. The van der Waals surface area contributed by atoms with E-state index in [1.807, 2.05) is 6.92 Å². The van der Waals surface area contributed by atoms with Crippen LogP contribution in [-0.4, -0.2) is 11.1 Å². The van der Waals surface area contributed by atoms with Crippen LogP contribution >= 0.6 is 0 Å². The van der Waals surface area contributed by atoms with Crippen molar-refractivity contribution in [3.63, 3.8) is 0 Å². The van der Waals surface area contributed by atoms with E-state index in [4.69, 9.17) is 0 Å². The Hall–Kier alpha value is -0.790. The molecule has 2 nitrogen and oxygen atoms in total. The van der Waals surface area contributed by atoms with Crippen LogP contribution in [0.3, 0.4) is 0 Å². The van der Waals surface area contributed by atoms with Crippen LogP contribution in [0, 0.1) is 29.1 Å². The van der Waals surface area contributed by atoms with Gasteiger partial charge >= 0.3 is 5.97 Å².